The highest BCUT2D eigenvalue weighted by Gasteiger charge is 2.32. The van der Waals surface area contributed by atoms with Crippen molar-refractivity contribution >= 4 is 5.91 Å². The lowest BCUT2D eigenvalue weighted by Gasteiger charge is -2.25. The van der Waals surface area contributed by atoms with Gasteiger partial charge in [-0.1, -0.05) is 20.8 Å². The Morgan fingerprint density at radius 3 is 2.67 bits per heavy atom. The lowest BCUT2D eigenvalue weighted by molar-refractivity contribution is -0.138. The van der Waals surface area contributed by atoms with Gasteiger partial charge in [0.05, 0.1) is 6.67 Å². The highest BCUT2D eigenvalue weighted by Crippen LogP contribution is 2.26. The molecule has 0 aromatic rings. The average molecular weight is 215 g/mol. The molecule has 3 heteroatoms. The summed E-state index contributed by atoms with van der Waals surface area (Å²) in [6, 6.07) is 0. The molecule has 0 N–H and O–H groups in total. The van der Waals surface area contributed by atoms with Crippen LogP contribution in [0.5, 0.6) is 0 Å². The summed E-state index contributed by atoms with van der Waals surface area (Å²) in [4.78, 5) is 13.9. The van der Waals surface area contributed by atoms with Crippen LogP contribution in [0.4, 0.5) is 4.39 Å². The van der Waals surface area contributed by atoms with Crippen LogP contribution in [0.2, 0.25) is 0 Å². The minimum absolute atomic E-state index is 0.227. The van der Waals surface area contributed by atoms with E-state index in [1.807, 2.05) is 25.7 Å². The van der Waals surface area contributed by atoms with Gasteiger partial charge in [0.2, 0.25) is 5.91 Å². The second kappa shape index (κ2) is 4.95. The van der Waals surface area contributed by atoms with Crippen LogP contribution in [0.1, 0.15) is 40.0 Å². The second-order valence-electron chi connectivity index (χ2n) is 5.49. The quantitative estimate of drug-likeness (QED) is 0.708. The average Bonchev–Trinajstić information content (AvgIpc) is 2.60. The third kappa shape index (κ3) is 3.47. The first-order chi connectivity index (χ1) is 6.95. The standard InChI is InChI=1S/C12H22FNO/c1-12(2,3)11(15)14-8-6-10(9-14)5-4-7-13/h10H,4-9H2,1-3H3. The number of nitrogens with zero attached hydrogens (tertiary/aromatic N) is 1. The SMILES string of the molecule is CC(C)(C)C(=O)N1CCC(CCCF)C1. The normalized spacial score (nSPS) is 22.1. The van der Waals surface area contributed by atoms with E-state index < -0.39 is 0 Å². The minimum Gasteiger partial charge on any atom is -0.342 e. The molecule has 1 atom stereocenters. The predicted molar refractivity (Wildman–Crippen MR) is 59.4 cm³/mol. The van der Waals surface area contributed by atoms with Crippen LogP contribution >= 0.6 is 0 Å². The maximum absolute atomic E-state index is 12.0. The monoisotopic (exact) mass is 215 g/mol. The summed E-state index contributed by atoms with van der Waals surface area (Å²) in [6.45, 7) is 7.30. The Balaban J connectivity index is 2.39. The zero-order valence-corrected chi connectivity index (χ0v) is 10.1. The van der Waals surface area contributed by atoms with Crippen molar-refractivity contribution in [2.45, 2.75) is 40.0 Å². The maximum Gasteiger partial charge on any atom is 0.227 e. The Hall–Kier alpha value is -0.600. The van der Waals surface area contributed by atoms with Crippen molar-refractivity contribution in [1.82, 2.24) is 4.90 Å². The topological polar surface area (TPSA) is 20.3 Å². The Bertz CT molecular complexity index is 222. The predicted octanol–water partition coefficient (Wildman–Crippen LogP) is 2.63. The molecule has 0 aromatic carbocycles. The Labute approximate surface area is 91.8 Å². The fourth-order valence-electron chi connectivity index (χ4n) is 2.09. The molecule has 1 heterocycles. The molecule has 0 aromatic heterocycles. The molecular formula is C12H22FNO. The van der Waals surface area contributed by atoms with Gasteiger partial charge in [-0.2, -0.15) is 0 Å². The number of carbonyl (C=O) groups excluding carboxylic acids is 1. The first-order valence-corrected chi connectivity index (χ1v) is 5.80. The number of hydrogen-bond acceptors (Lipinski definition) is 1. The number of alkyl halides is 1. The Morgan fingerprint density at radius 1 is 1.47 bits per heavy atom. The lowest BCUT2D eigenvalue weighted by atomic mass is 9.95. The van der Waals surface area contributed by atoms with E-state index in [1.54, 1.807) is 0 Å². The van der Waals surface area contributed by atoms with Crippen molar-refractivity contribution in [3.05, 3.63) is 0 Å². The third-order valence-corrected chi connectivity index (χ3v) is 2.96. The van der Waals surface area contributed by atoms with E-state index in [4.69, 9.17) is 0 Å². The van der Waals surface area contributed by atoms with Crippen LogP contribution in [0.15, 0.2) is 0 Å². The fourth-order valence-corrected chi connectivity index (χ4v) is 2.09. The molecule has 0 aliphatic carbocycles. The van der Waals surface area contributed by atoms with Gasteiger partial charge in [-0.05, 0) is 25.2 Å². The van der Waals surface area contributed by atoms with Crippen LogP contribution in [-0.2, 0) is 4.79 Å². The van der Waals surface area contributed by atoms with Gasteiger partial charge >= 0.3 is 0 Å². The smallest absolute Gasteiger partial charge is 0.227 e. The van der Waals surface area contributed by atoms with Crippen LogP contribution in [0.3, 0.4) is 0 Å². The van der Waals surface area contributed by atoms with Gasteiger partial charge in [0.1, 0.15) is 0 Å². The van der Waals surface area contributed by atoms with Gasteiger partial charge in [-0.25, -0.2) is 0 Å². The van der Waals surface area contributed by atoms with Crippen LogP contribution < -0.4 is 0 Å². The highest BCUT2D eigenvalue weighted by molar-refractivity contribution is 5.81. The van der Waals surface area contributed by atoms with E-state index in [9.17, 15) is 9.18 Å². The van der Waals surface area contributed by atoms with E-state index in [0.717, 1.165) is 25.9 Å². The van der Waals surface area contributed by atoms with Crippen molar-refractivity contribution in [1.29, 1.82) is 0 Å². The van der Waals surface area contributed by atoms with Gasteiger partial charge in [0.15, 0.2) is 0 Å². The van der Waals surface area contributed by atoms with Crippen molar-refractivity contribution in [2.75, 3.05) is 19.8 Å². The molecule has 2 nitrogen and oxygen atoms in total. The fraction of sp³-hybridized carbons (Fsp3) is 0.917. The van der Waals surface area contributed by atoms with Crippen LogP contribution in [0.25, 0.3) is 0 Å². The van der Waals surface area contributed by atoms with E-state index in [2.05, 4.69) is 0 Å². The first-order valence-electron chi connectivity index (χ1n) is 5.80. The zero-order chi connectivity index (χ0) is 11.5. The Kier molecular flexibility index (Phi) is 4.12. The molecule has 1 fully saturated rings. The second-order valence-corrected chi connectivity index (χ2v) is 5.49. The zero-order valence-electron chi connectivity index (χ0n) is 10.1. The molecule has 1 rings (SSSR count). The summed E-state index contributed by atoms with van der Waals surface area (Å²) in [7, 11) is 0. The van der Waals surface area contributed by atoms with E-state index in [-0.39, 0.29) is 18.0 Å². The molecule has 1 amide bonds. The lowest BCUT2D eigenvalue weighted by Crippen LogP contribution is -2.37. The Morgan fingerprint density at radius 2 is 2.13 bits per heavy atom. The van der Waals surface area contributed by atoms with Gasteiger partial charge in [0.25, 0.3) is 0 Å². The summed E-state index contributed by atoms with van der Waals surface area (Å²) < 4.78 is 12.0. The summed E-state index contributed by atoms with van der Waals surface area (Å²) in [6.07, 6.45) is 2.61. The molecule has 1 aliphatic rings. The van der Waals surface area contributed by atoms with E-state index in [1.165, 1.54) is 0 Å². The molecular weight excluding hydrogens is 193 g/mol. The molecule has 1 saturated heterocycles. The number of hydrogen-bond donors (Lipinski definition) is 0. The number of rotatable bonds is 3. The molecule has 0 radical (unpaired) electrons. The van der Waals surface area contributed by atoms with Gasteiger partial charge in [-0.15, -0.1) is 0 Å². The molecule has 15 heavy (non-hydrogen) atoms. The number of amides is 1. The summed E-state index contributed by atoms with van der Waals surface area (Å²) in [5, 5.41) is 0. The molecule has 88 valence electrons. The van der Waals surface area contributed by atoms with Crippen molar-refractivity contribution in [3.8, 4) is 0 Å². The summed E-state index contributed by atoms with van der Waals surface area (Å²) >= 11 is 0. The molecule has 0 saturated carbocycles. The van der Waals surface area contributed by atoms with E-state index >= 15 is 0 Å². The molecule has 0 bridgehead atoms. The van der Waals surface area contributed by atoms with Gasteiger partial charge < -0.3 is 4.90 Å². The molecule has 1 unspecified atom stereocenters. The highest BCUT2D eigenvalue weighted by atomic mass is 19.1. The van der Waals surface area contributed by atoms with Crippen molar-refractivity contribution in [3.63, 3.8) is 0 Å². The number of halogens is 1. The van der Waals surface area contributed by atoms with Crippen molar-refractivity contribution in [2.24, 2.45) is 11.3 Å². The van der Waals surface area contributed by atoms with Crippen LogP contribution in [0, 0.1) is 11.3 Å². The van der Waals surface area contributed by atoms with Crippen LogP contribution in [-0.4, -0.2) is 30.6 Å². The molecule has 1 aliphatic heterocycles. The van der Waals surface area contributed by atoms with Gasteiger partial charge in [0, 0.05) is 18.5 Å². The third-order valence-electron chi connectivity index (χ3n) is 2.96. The van der Waals surface area contributed by atoms with Gasteiger partial charge in [-0.3, -0.25) is 9.18 Å². The van der Waals surface area contributed by atoms with Crippen molar-refractivity contribution < 1.29 is 9.18 Å². The summed E-state index contributed by atoms with van der Waals surface area (Å²) in [5.74, 6) is 0.747. The van der Waals surface area contributed by atoms with E-state index in [0.29, 0.717) is 12.3 Å². The largest absolute Gasteiger partial charge is 0.342 e. The summed E-state index contributed by atoms with van der Waals surface area (Å²) in [5.41, 5.74) is -0.283. The number of likely N-dealkylation sites (tertiary alicyclic amines) is 1. The maximum atomic E-state index is 12.0. The minimum atomic E-state index is -0.283. The molecule has 0 spiro atoms. The number of carbonyl (C=O) groups is 1. The first kappa shape index (κ1) is 12.5.